The lowest BCUT2D eigenvalue weighted by atomic mass is 10.1. The fourth-order valence-electron chi connectivity index (χ4n) is 2.97. The van der Waals surface area contributed by atoms with Crippen molar-refractivity contribution in [2.75, 3.05) is 6.61 Å². The third kappa shape index (κ3) is 2.90. The molecule has 132 valence electrons. The van der Waals surface area contributed by atoms with Crippen LogP contribution >= 0.6 is 0 Å². The zero-order chi connectivity index (χ0) is 18.1. The summed E-state index contributed by atoms with van der Waals surface area (Å²) < 4.78 is 11.6. The molecule has 0 aliphatic rings. The highest BCUT2D eigenvalue weighted by Crippen LogP contribution is 2.31. The molecule has 1 amide bonds. The molecule has 4 rings (SSSR count). The van der Waals surface area contributed by atoms with Gasteiger partial charge in [0.15, 0.2) is 11.3 Å². The summed E-state index contributed by atoms with van der Waals surface area (Å²) in [5, 5.41) is 11.7. The maximum Gasteiger partial charge on any atom is 0.251 e. The number of para-hydroxylation sites is 1. The van der Waals surface area contributed by atoms with Crippen LogP contribution in [0.5, 0.6) is 5.75 Å². The van der Waals surface area contributed by atoms with Crippen LogP contribution in [0, 0.1) is 0 Å². The Morgan fingerprint density at radius 1 is 1.27 bits per heavy atom. The van der Waals surface area contributed by atoms with Gasteiger partial charge in [-0.15, -0.1) is 0 Å². The van der Waals surface area contributed by atoms with Gasteiger partial charge in [0.25, 0.3) is 5.91 Å². The molecule has 6 heteroatoms. The molecule has 26 heavy (non-hydrogen) atoms. The fraction of sp³-hybridized carbons (Fsp3) is 0.200. The van der Waals surface area contributed by atoms with Crippen molar-refractivity contribution in [3.63, 3.8) is 0 Å². The Morgan fingerprint density at radius 2 is 2.15 bits per heavy atom. The lowest BCUT2D eigenvalue weighted by molar-refractivity contribution is 0.0936. The number of fused-ring (bicyclic) bond motifs is 2. The molecule has 2 aromatic carbocycles. The highest BCUT2D eigenvalue weighted by molar-refractivity contribution is 5.98. The number of H-pyrrole nitrogens is 1. The topological polar surface area (TPSA) is 80.1 Å². The first-order chi connectivity index (χ1) is 12.7. The van der Waals surface area contributed by atoms with E-state index in [4.69, 9.17) is 9.15 Å². The van der Waals surface area contributed by atoms with Gasteiger partial charge < -0.3 is 14.5 Å². The summed E-state index contributed by atoms with van der Waals surface area (Å²) in [6.07, 6.45) is 1.73. The van der Waals surface area contributed by atoms with Crippen molar-refractivity contribution >= 4 is 27.8 Å². The Bertz CT molecular complexity index is 1080. The van der Waals surface area contributed by atoms with Crippen LogP contribution in [0.25, 0.3) is 21.9 Å². The average molecular weight is 349 g/mol. The van der Waals surface area contributed by atoms with Crippen molar-refractivity contribution in [2.45, 2.75) is 19.9 Å². The normalized spacial score (nSPS) is 12.4. The van der Waals surface area contributed by atoms with E-state index in [1.807, 2.05) is 44.2 Å². The second-order valence-electron chi connectivity index (χ2n) is 6.12. The zero-order valence-electron chi connectivity index (χ0n) is 14.6. The van der Waals surface area contributed by atoms with Crippen LogP contribution in [-0.4, -0.2) is 22.7 Å². The fourth-order valence-corrected chi connectivity index (χ4v) is 2.97. The Balaban J connectivity index is 1.57. The SMILES string of the molecule is CCOc1cccc2cc(C(C)NC(=O)c3ccc4cn[nH]c4c3)oc12. The predicted octanol–water partition coefficient (Wildman–Crippen LogP) is 4.20. The number of aromatic amines is 1. The smallest absolute Gasteiger partial charge is 0.251 e. The molecular weight excluding hydrogens is 330 g/mol. The summed E-state index contributed by atoms with van der Waals surface area (Å²) in [5.41, 5.74) is 2.10. The lowest BCUT2D eigenvalue weighted by Gasteiger charge is -2.11. The van der Waals surface area contributed by atoms with Gasteiger partial charge in [-0.1, -0.05) is 18.2 Å². The van der Waals surface area contributed by atoms with E-state index >= 15 is 0 Å². The van der Waals surface area contributed by atoms with Crippen LogP contribution in [0.15, 0.2) is 53.1 Å². The van der Waals surface area contributed by atoms with Gasteiger partial charge in [0.1, 0.15) is 5.76 Å². The molecule has 0 saturated heterocycles. The summed E-state index contributed by atoms with van der Waals surface area (Å²) in [7, 11) is 0. The van der Waals surface area contributed by atoms with Gasteiger partial charge in [-0.3, -0.25) is 9.89 Å². The van der Waals surface area contributed by atoms with E-state index in [9.17, 15) is 4.79 Å². The molecule has 1 unspecified atom stereocenters. The minimum absolute atomic E-state index is 0.167. The molecule has 0 aliphatic carbocycles. The number of carbonyl (C=O) groups is 1. The first kappa shape index (κ1) is 16.2. The molecule has 2 heterocycles. The van der Waals surface area contributed by atoms with Gasteiger partial charge >= 0.3 is 0 Å². The van der Waals surface area contributed by atoms with Crippen LogP contribution in [0.1, 0.15) is 36.0 Å². The molecule has 0 radical (unpaired) electrons. The molecular formula is C20H19N3O3. The molecule has 4 aromatic rings. The second-order valence-corrected chi connectivity index (χ2v) is 6.12. The quantitative estimate of drug-likeness (QED) is 0.566. The average Bonchev–Trinajstić information content (AvgIpc) is 3.28. The summed E-state index contributed by atoms with van der Waals surface area (Å²) in [4.78, 5) is 12.6. The number of hydrogen-bond donors (Lipinski definition) is 2. The van der Waals surface area contributed by atoms with E-state index in [-0.39, 0.29) is 11.9 Å². The largest absolute Gasteiger partial charge is 0.490 e. The summed E-state index contributed by atoms with van der Waals surface area (Å²) in [5.74, 6) is 1.22. The van der Waals surface area contributed by atoms with Crippen LogP contribution in [-0.2, 0) is 0 Å². The Labute approximate surface area is 150 Å². The predicted molar refractivity (Wildman–Crippen MR) is 99.4 cm³/mol. The van der Waals surface area contributed by atoms with Crippen LogP contribution in [0.2, 0.25) is 0 Å². The number of aromatic nitrogens is 2. The van der Waals surface area contributed by atoms with Gasteiger partial charge in [-0.2, -0.15) is 5.10 Å². The summed E-state index contributed by atoms with van der Waals surface area (Å²) >= 11 is 0. The van der Waals surface area contributed by atoms with Crippen LogP contribution in [0.4, 0.5) is 0 Å². The Hall–Kier alpha value is -3.28. The molecule has 6 nitrogen and oxygen atoms in total. The molecule has 2 aromatic heterocycles. The van der Waals surface area contributed by atoms with Crippen molar-refractivity contribution in [3.05, 3.63) is 60.0 Å². The number of furan rings is 1. The minimum atomic E-state index is -0.276. The highest BCUT2D eigenvalue weighted by atomic mass is 16.5. The number of nitrogens with zero attached hydrogens (tertiary/aromatic N) is 1. The van der Waals surface area contributed by atoms with Gasteiger partial charge in [0.2, 0.25) is 0 Å². The van der Waals surface area contributed by atoms with E-state index < -0.39 is 0 Å². The van der Waals surface area contributed by atoms with E-state index in [0.717, 1.165) is 16.3 Å². The molecule has 0 spiro atoms. The first-order valence-corrected chi connectivity index (χ1v) is 8.55. The zero-order valence-corrected chi connectivity index (χ0v) is 14.6. The Kier molecular flexibility index (Phi) is 4.08. The van der Waals surface area contributed by atoms with Crippen molar-refractivity contribution in [1.29, 1.82) is 0 Å². The number of rotatable bonds is 5. The maximum atomic E-state index is 12.6. The Morgan fingerprint density at radius 3 is 3.00 bits per heavy atom. The van der Waals surface area contributed by atoms with Crippen molar-refractivity contribution in [2.24, 2.45) is 0 Å². The first-order valence-electron chi connectivity index (χ1n) is 8.55. The lowest BCUT2D eigenvalue weighted by Crippen LogP contribution is -2.26. The third-order valence-corrected chi connectivity index (χ3v) is 4.31. The molecule has 0 saturated carbocycles. The molecule has 0 aliphatic heterocycles. The third-order valence-electron chi connectivity index (χ3n) is 4.31. The summed E-state index contributed by atoms with van der Waals surface area (Å²) in [6.45, 7) is 4.39. The highest BCUT2D eigenvalue weighted by Gasteiger charge is 2.17. The summed E-state index contributed by atoms with van der Waals surface area (Å²) in [6, 6.07) is 12.9. The van der Waals surface area contributed by atoms with E-state index in [1.165, 1.54) is 0 Å². The van der Waals surface area contributed by atoms with E-state index in [1.54, 1.807) is 18.3 Å². The number of hydrogen-bond acceptors (Lipinski definition) is 4. The van der Waals surface area contributed by atoms with Crippen molar-refractivity contribution in [3.8, 4) is 5.75 Å². The molecule has 0 fully saturated rings. The standard InChI is InChI=1S/C20H19N3O3/c1-3-25-17-6-4-5-13-10-18(26-19(13)17)12(2)22-20(24)14-7-8-15-11-21-23-16(15)9-14/h4-12H,3H2,1-2H3,(H,21,23)(H,22,24). The number of benzene rings is 2. The molecule has 2 N–H and O–H groups in total. The minimum Gasteiger partial charge on any atom is -0.490 e. The van der Waals surface area contributed by atoms with Gasteiger partial charge in [0.05, 0.1) is 24.4 Å². The van der Waals surface area contributed by atoms with Gasteiger partial charge in [0, 0.05) is 16.3 Å². The second kappa shape index (κ2) is 6.55. The van der Waals surface area contributed by atoms with Gasteiger partial charge in [-0.05, 0) is 38.1 Å². The van der Waals surface area contributed by atoms with E-state index in [2.05, 4.69) is 15.5 Å². The van der Waals surface area contributed by atoms with Crippen LogP contribution in [0.3, 0.4) is 0 Å². The number of nitrogens with one attached hydrogen (secondary N) is 2. The van der Waals surface area contributed by atoms with Crippen molar-refractivity contribution in [1.82, 2.24) is 15.5 Å². The molecule has 0 bridgehead atoms. The van der Waals surface area contributed by atoms with E-state index in [0.29, 0.717) is 29.3 Å². The number of carbonyl (C=O) groups excluding carboxylic acids is 1. The number of ether oxygens (including phenoxy) is 1. The number of amides is 1. The monoisotopic (exact) mass is 349 g/mol. The van der Waals surface area contributed by atoms with Crippen LogP contribution < -0.4 is 10.1 Å². The van der Waals surface area contributed by atoms with Crippen molar-refractivity contribution < 1.29 is 13.9 Å². The van der Waals surface area contributed by atoms with Gasteiger partial charge in [-0.25, -0.2) is 0 Å². The molecule has 1 atom stereocenters. The maximum absolute atomic E-state index is 12.6.